The molecule has 5 heteroatoms. The Morgan fingerprint density at radius 1 is 1.44 bits per heavy atom. The Morgan fingerprint density at radius 3 is 2.88 bits per heavy atom. The molecule has 86 valence electrons. The van der Waals surface area contributed by atoms with Crippen molar-refractivity contribution >= 4 is 5.82 Å². The van der Waals surface area contributed by atoms with Gasteiger partial charge in [-0.2, -0.15) is 0 Å². The zero-order valence-corrected chi connectivity index (χ0v) is 9.10. The lowest BCUT2D eigenvalue weighted by atomic mass is 9.88. The Morgan fingerprint density at radius 2 is 2.31 bits per heavy atom. The number of anilines is 1. The van der Waals surface area contributed by atoms with E-state index in [-0.39, 0.29) is 0 Å². The van der Waals surface area contributed by atoms with Crippen LogP contribution in [0, 0.1) is 0 Å². The van der Waals surface area contributed by atoms with E-state index in [0.29, 0.717) is 30.5 Å². The topological polar surface area (TPSA) is 87.0 Å². The van der Waals surface area contributed by atoms with Gasteiger partial charge in [-0.15, -0.1) is 0 Å². The number of aromatic nitrogens is 2. The molecule has 0 spiro atoms. The molecule has 0 radical (unpaired) electrons. The Balaban J connectivity index is 1.87. The summed E-state index contributed by atoms with van der Waals surface area (Å²) in [7, 11) is 0. The van der Waals surface area contributed by atoms with E-state index >= 15 is 0 Å². The fourth-order valence-electron chi connectivity index (χ4n) is 2.68. The van der Waals surface area contributed by atoms with Crippen molar-refractivity contribution in [1.29, 1.82) is 0 Å². The van der Waals surface area contributed by atoms with Crippen LogP contribution in [0.3, 0.4) is 0 Å². The summed E-state index contributed by atoms with van der Waals surface area (Å²) < 4.78 is 5.79. The summed E-state index contributed by atoms with van der Waals surface area (Å²) >= 11 is 0. The van der Waals surface area contributed by atoms with E-state index < -0.39 is 0 Å². The summed E-state index contributed by atoms with van der Waals surface area (Å²) in [5, 5.41) is 0. The zero-order valence-electron chi connectivity index (χ0n) is 9.10. The van der Waals surface area contributed by atoms with Crippen LogP contribution in [0.5, 0.6) is 0 Å². The third-order valence-electron chi connectivity index (χ3n) is 3.57. The zero-order chi connectivity index (χ0) is 11.1. The number of nitrogen functional groups attached to an aromatic ring is 1. The first-order valence-electron chi connectivity index (χ1n) is 5.74. The molecule has 16 heavy (non-hydrogen) atoms. The van der Waals surface area contributed by atoms with Gasteiger partial charge in [-0.05, 0) is 19.3 Å². The van der Waals surface area contributed by atoms with E-state index in [4.69, 9.17) is 16.2 Å². The summed E-state index contributed by atoms with van der Waals surface area (Å²) in [5.74, 6) is 1.66. The van der Waals surface area contributed by atoms with Crippen molar-refractivity contribution in [3.8, 4) is 0 Å². The molecule has 4 N–H and O–H groups in total. The number of nitrogens with zero attached hydrogens (tertiary/aromatic N) is 2. The van der Waals surface area contributed by atoms with Gasteiger partial charge in [-0.25, -0.2) is 9.97 Å². The minimum Gasteiger partial charge on any atom is -0.383 e. The quantitative estimate of drug-likeness (QED) is 0.760. The molecule has 1 aromatic heterocycles. The maximum absolute atomic E-state index is 5.83. The molecule has 2 aliphatic rings. The second kappa shape index (κ2) is 3.68. The maximum Gasteiger partial charge on any atom is 0.136 e. The van der Waals surface area contributed by atoms with E-state index in [1.807, 2.05) is 0 Å². The van der Waals surface area contributed by atoms with Gasteiger partial charge in [-0.3, -0.25) is 0 Å². The molecule has 2 fully saturated rings. The van der Waals surface area contributed by atoms with Crippen molar-refractivity contribution < 1.29 is 4.74 Å². The van der Waals surface area contributed by atoms with Crippen LogP contribution in [0.25, 0.3) is 0 Å². The summed E-state index contributed by atoms with van der Waals surface area (Å²) in [6.45, 7) is 0.388. The van der Waals surface area contributed by atoms with Gasteiger partial charge in [0.15, 0.2) is 0 Å². The van der Waals surface area contributed by atoms with E-state index in [9.17, 15) is 0 Å². The van der Waals surface area contributed by atoms with Crippen LogP contribution in [-0.4, -0.2) is 22.2 Å². The molecule has 2 bridgehead atoms. The highest BCUT2D eigenvalue weighted by Crippen LogP contribution is 2.43. The average Bonchev–Trinajstić information content (AvgIpc) is 2.90. The first-order chi connectivity index (χ1) is 7.78. The average molecular weight is 220 g/mol. The summed E-state index contributed by atoms with van der Waals surface area (Å²) in [5.41, 5.74) is 12.2. The van der Waals surface area contributed by atoms with Gasteiger partial charge in [0.05, 0.1) is 12.2 Å². The predicted molar refractivity (Wildman–Crippen MR) is 59.6 cm³/mol. The molecular formula is C11H16N4O. The van der Waals surface area contributed by atoms with Crippen LogP contribution in [-0.2, 0) is 11.3 Å². The molecular weight excluding hydrogens is 204 g/mol. The van der Waals surface area contributed by atoms with Crippen LogP contribution in [0.15, 0.2) is 6.20 Å². The number of nitrogens with two attached hydrogens (primary N) is 2. The van der Waals surface area contributed by atoms with Crippen LogP contribution in [0.1, 0.15) is 36.6 Å². The largest absolute Gasteiger partial charge is 0.383 e. The fourth-order valence-corrected chi connectivity index (χ4v) is 2.68. The molecule has 2 aliphatic heterocycles. The van der Waals surface area contributed by atoms with Gasteiger partial charge in [0, 0.05) is 24.2 Å². The second-order valence-corrected chi connectivity index (χ2v) is 4.56. The molecule has 5 nitrogen and oxygen atoms in total. The van der Waals surface area contributed by atoms with Gasteiger partial charge < -0.3 is 16.2 Å². The Labute approximate surface area is 94.2 Å². The van der Waals surface area contributed by atoms with Crippen LogP contribution >= 0.6 is 0 Å². The number of ether oxygens (including phenoxy) is 1. The molecule has 0 saturated carbocycles. The number of hydrogen-bond donors (Lipinski definition) is 2. The van der Waals surface area contributed by atoms with Crippen molar-refractivity contribution in [3.05, 3.63) is 17.6 Å². The number of rotatable bonds is 2. The van der Waals surface area contributed by atoms with Crippen molar-refractivity contribution in [3.63, 3.8) is 0 Å². The Hall–Kier alpha value is -1.20. The molecule has 3 rings (SSSR count). The third-order valence-corrected chi connectivity index (χ3v) is 3.57. The van der Waals surface area contributed by atoms with E-state index in [0.717, 1.165) is 24.2 Å². The van der Waals surface area contributed by atoms with Crippen molar-refractivity contribution in [1.82, 2.24) is 9.97 Å². The molecule has 1 aromatic rings. The molecule has 3 atom stereocenters. The molecule has 0 aliphatic carbocycles. The summed E-state index contributed by atoms with van der Waals surface area (Å²) in [6.07, 6.45) is 5.78. The Bertz CT molecular complexity index is 409. The SMILES string of the molecule is NCc1cnc(C2CC3CCC2O3)nc1N. The number of fused-ring (bicyclic) bond motifs is 2. The smallest absolute Gasteiger partial charge is 0.136 e. The van der Waals surface area contributed by atoms with Gasteiger partial charge >= 0.3 is 0 Å². The van der Waals surface area contributed by atoms with Gasteiger partial charge in [-0.1, -0.05) is 0 Å². The first kappa shape index (κ1) is 9.99. The predicted octanol–water partition coefficient (Wildman–Crippen LogP) is 0.552. The highest BCUT2D eigenvalue weighted by atomic mass is 16.5. The molecule has 0 aromatic carbocycles. The Kier molecular flexibility index (Phi) is 2.29. The van der Waals surface area contributed by atoms with Crippen molar-refractivity contribution in [2.24, 2.45) is 5.73 Å². The minimum atomic E-state index is 0.299. The van der Waals surface area contributed by atoms with Gasteiger partial charge in [0.1, 0.15) is 11.6 Å². The number of hydrogen-bond acceptors (Lipinski definition) is 5. The maximum atomic E-state index is 5.83. The lowest BCUT2D eigenvalue weighted by Crippen LogP contribution is -2.18. The van der Waals surface area contributed by atoms with Crippen LogP contribution in [0.4, 0.5) is 5.82 Å². The van der Waals surface area contributed by atoms with Crippen molar-refractivity contribution in [2.75, 3.05) is 5.73 Å². The van der Waals surface area contributed by atoms with Gasteiger partial charge in [0.25, 0.3) is 0 Å². The lowest BCUT2D eigenvalue weighted by molar-refractivity contribution is 0.0999. The van der Waals surface area contributed by atoms with Crippen LogP contribution in [0.2, 0.25) is 0 Å². The fraction of sp³-hybridized carbons (Fsp3) is 0.636. The lowest BCUT2D eigenvalue weighted by Gasteiger charge is -2.17. The van der Waals surface area contributed by atoms with Crippen molar-refractivity contribution in [2.45, 2.75) is 43.9 Å². The summed E-state index contributed by atoms with van der Waals surface area (Å²) in [4.78, 5) is 8.71. The molecule has 3 heterocycles. The first-order valence-corrected chi connectivity index (χ1v) is 5.74. The molecule has 2 saturated heterocycles. The standard InChI is InChI=1S/C11H16N4O/c12-4-6-5-14-11(15-10(6)13)8-3-7-1-2-9(8)16-7/h5,7-9H,1-4,12H2,(H2,13,14,15). The highest BCUT2D eigenvalue weighted by Gasteiger charge is 2.42. The molecule has 0 amide bonds. The summed E-state index contributed by atoms with van der Waals surface area (Å²) in [6, 6.07) is 0. The second-order valence-electron chi connectivity index (χ2n) is 4.56. The van der Waals surface area contributed by atoms with E-state index in [1.54, 1.807) is 6.20 Å². The highest BCUT2D eigenvalue weighted by molar-refractivity contribution is 5.38. The minimum absolute atomic E-state index is 0.299. The normalized spacial score (nSPS) is 32.2. The van der Waals surface area contributed by atoms with Crippen LogP contribution < -0.4 is 11.5 Å². The monoisotopic (exact) mass is 220 g/mol. The van der Waals surface area contributed by atoms with Gasteiger partial charge in [0.2, 0.25) is 0 Å². The third kappa shape index (κ3) is 1.47. The van der Waals surface area contributed by atoms with E-state index in [1.165, 1.54) is 6.42 Å². The molecule has 3 unspecified atom stereocenters. The van der Waals surface area contributed by atoms with E-state index in [2.05, 4.69) is 9.97 Å².